The van der Waals surface area contributed by atoms with E-state index in [-0.39, 0.29) is 36.5 Å². The second-order valence-corrected chi connectivity index (χ2v) is 13.9. The van der Waals surface area contributed by atoms with E-state index < -0.39 is 87.3 Å². The fraction of sp³-hybridized carbons (Fsp3) is 0.333. The smallest absolute Gasteiger partial charge is 0.423 e. The average Bonchev–Trinajstić information content (AvgIpc) is 3.50. The van der Waals surface area contributed by atoms with E-state index in [2.05, 4.69) is 10.4 Å². The van der Waals surface area contributed by atoms with Crippen LogP contribution < -0.4 is 10.2 Å². The number of hydrogen-bond donors (Lipinski definition) is 2. The number of likely N-dealkylation sites (tertiary alicyclic amines) is 1. The molecule has 0 bridgehead atoms. The summed E-state index contributed by atoms with van der Waals surface area (Å²) in [6.45, 7) is 1.87. The summed E-state index contributed by atoms with van der Waals surface area (Å²) < 4.78 is 50.7. The zero-order valence-corrected chi connectivity index (χ0v) is 29.3. The third kappa shape index (κ3) is 5.42. The Labute approximate surface area is 309 Å². The van der Waals surface area contributed by atoms with Crippen LogP contribution in [0.1, 0.15) is 42.4 Å². The van der Waals surface area contributed by atoms with E-state index in [1.807, 2.05) is 0 Å². The summed E-state index contributed by atoms with van der Waals surface area (Å²) in [6.07, 6.45) is -3.96. The van der Waals surface area contributed by atoms with Gasteiger partial charge in [-0.05, 0) is 55.5 Å². The van der Waals surface area contributed by atoms with E-state index in [0.29, 0.717) is 38.3 Å². The highest BCUT2D eigenvalue weighted by molar-refractivity contribution is 6.33. The number of phenolic OH excluding ortho intramolecular Hbond substituents is 1. The van der Waals surface area contributed by atoms with E-state index in [4.69, 9.17) is 32.7 Å². The summed E-state index contributed by atoms with van der Waals surface area (Å²) in [7, 11) is 1.03. The predicted molar refractivity (Wildman–Crippen MR) is 180 cm³/mol. The zero-order valence-electron chi connectivity index (χ0n) is 27.8. The number of pyridine rings is 1. The van der Waals surface area contributed by atoms with Gasteiger partial charge in [0.05, 0.1) is 47.5 Å². The van der Waals surface area contributed by atoms with Gasteiger partial charge in [-0.25, -0.2) is 9.78 Å². The highest BCUT2D eigenvalue weighted by atomic mass is 35.5. The Morgan fingerprint density at radius 3 is 2.42 bits per heavy atom. The normalized spacial score (nSPS) is 26.5. The Morgan fingerprint density at radius 1 is 1.06 bits per heavy atom. The minimum Gasteiger partial charge on any atom is -0.504 e. The van der Waals surface area contributed by atoms with Crippen LogP contribution in [0.2, 0.25) is 10.0 Å². The van der Waals surface area contributed by atoms with E-state index >= 15 is 4.79 Å². The van der Waals surface area contributed by atoms with Crippen LogP contribution in [0.4, 0.5) is 23.8 Å². The van der Waals surface area contributed by atoms with Gasteiger partial charge in [-0.2, -0.15) is 23.1 Å². The molecule has 6 unspecified atom stereocenters. The molecule has 2 aromatic carbocycles. The maximum absolute atomic E-state index is 15.2. The molecular weight excluding hydrogens is 744 g/mol. The first kappa shape index (κ1) is 36.2. The number of amides is 5. The molecule has 2 saturated heterocycles. The number of anilines is 1. The quantitative estimate of drug-likeness (QED) is 0.217. The molecule has 12 nitrogen and oxygen atoms in total. The molecule has 2 aliphatic carbocycles. The summed E-state index contributed by atoms with van der Waals surface area (Å²) in [5.41, 5.74) is 0.380. The molecule has 3 heterocycles. The highest BCUT2D eigenvalue weighted by Gasteiger charge is 2.71. The van der Waals surface area contributed by atoms with Gasteiger partial charge in [-0.1, -0.05) is 59.1 Å². The number of alkyl halides is 3. The second-order valence-electron chi connectivity index (χ2n) is 13.0. The summed E-state index contributed by atoms with van der Waals surface area (Å²) in [5.74, 6) is -9.59. The molecule has 276 valence electrons. The number of nitrogens with one attached hydrogen (secondary N) is 1. The molecule has 0 spiro atoms. The van der Waals surface area contributed by atoms with E-state index in [1.54, 1.807) is 37.3 Å². The lowest BCUT2D eigenvalue weighted by Gasteiger charge is -2.50. The lowest BCUT2D eigenvalue weighted by atomic mass is 9.49. The largest absolute Gasteiger partial charge is 0.504 e. The monoisotopic (exact) mass is 772 g/mol. The van der Waals surface area contributed by atoms with Gasteiger partial charge >= 0.3 is 12.3 Å². The van der Waals surface area contributed by atoms with Crippen molar-refractivity contribution in [2.24, 2.45) is 23.7 Å². The van der Waals surface area contributed by atoms with Gasteiger partial charge in [0.25, 0.3) is 11.8 Å². The number of carbonyl (C=O) groups is 5. The average molecular weight is 774 g/mol. The van der Waals surface area contributed by atoms with Crippen molar-refractivity contribution in [1.82, 2.24) is 14.9 Å². The molecule has 17 heteroatoms. The van der Waals surface area contributed by atoms with Crippen LogP contribution in [0.3, 0.4) is 0 Å². The highest BCUT2D eigenvalue weighted by Crippen LogP contribution is 2.65. The number of halogens is 5. The fourth-order valence-electron chi connectivity index (χ4n) is 8.44. The zero-order chi connectivity index (χ0) is 38.1. The topological polar surface area (TPSA) is 155 Å². The van der Waals surface area contributed by atoms with Gasteiger partial charge < -0.3 is 14.6 Å². The SMILES string of the molecule is CCOc1cccc(C2C3=CCC4C(=O)N(C(=O)OC)C(=O)C4C3CC3C(=O)N(Nc4ncc(C(F)(F)F)cc4Cl)C(=O)C32c2ccc(Cl)cc2)c1O. The molecular formula is C36H29Cl2F3N4O8. The van der Waals surface area contributed by atoms with Gasteiger partial charge in [0.2, 0.25) is 11.8 Å². The first-order valence-corrected chi connectivity index (χ1v) is 17.2. The number of fused-ring (bicyclic) bond motifs is 4. The molecule has 2 aliphatic heterocycles. The minimum atomic E-state index is -4.78. The molecule has 4 aliphatic rings. The number of imide groups is 4. The number of phenols is 1. The van der Waals surface area contributed by atoms with Crippen molar-refractivity contribution in [3.05, 3.63) is 93.1 Å². The van der Waals surface area contributed by atoms with Crippen LogP contribution in [-0.2, 0) is 35.5 Å². The number of allylic oxidation sites excluding steroid dienone is 2. The van der Waals surface area contributed by atoms with Crippen LogP contribution in [-0.4, -0.2) is 63.4 Å². The number of methoxy groups -OCH3 is 1. The molecule has 2 N–H and O–H groups in total. The minimum absolute atomic E-state index is 0.0203. The van der Waals surface area contributed by atoms with Crippen molar-refractivity contribution in [3.8, 4) is 11.5 Å². The third-order valence-electron chi connectivity index (χ3n) is 10.6. The summed E-state index contributed by atoms with van der Waals surface area (Å²) in [6, 6.07) is 11.4. The molecule has 3 aromatic rings. The summed E-state index contributed by atoms with van der Waals surface area (Å²) in [4.78, 5) is 74.2. The number of rotatable bonds is 6. The maximum atomic E-state index is 15.2. The molecule has 0 radical (unpaired) electrons. The molecule has 1 saturated carbocycles. The van der Waals surface area contributed by atoms with Gasteiger partial charge in [-0.15, -0.1) is 0 Å². The number of benzene rings is 2. The number of hydrogen-bond acceptors (Lipinski definition) is 10. The van der Waals surface area contributed by atoms with Gasteiger partial charge in [0, 0.05) is 22.7 Å². The standard InChI is InChI=1S/C36H29Cl2F3N4O8/c1-3-53-25-6-4-5-21(28(25)46)27-19-11-12-20-26(32(49)44(30(20)47)34(51)52-2)22(19)14-23-31(48)45(33(50)35(23,27)16-7-9-18(37)10-8-16)43-29-24(38)13-17(15-42-29)36(39,40)41/h4-11,13,15,20,22-23,26-27,46H,3,12,14H2,1-2H3,(H,42,43). The Morgan fingerprint density at radius 2 is 1.77 bits per heavy atom. The number of ether oxygens (including phenoxy) is 2. The molecule has 7 rings (SSSR count). The Kier molecular flexibility index (Phi) is 8.92. The van der Waals surface area contributed by atoms with E-state index in [9.17, 15) is 37.5 Å². The maximum Gasteiger partial charge on any atom is 0.423 e. The number of carbonyl (C=O) groups excluding carboxylic acids is 5. The molecule has 5 amide bonds. The van der Waals surface area contributed by atoms with Crippen LogP contribution in [0.15, 0.2) is 66.4 Å². The lowest BCUT2D eigenvalue weighted by Crippen LogP contribution is -2.53. The number of aromatic hydroxyl groups is 1. The summed E-state index contributed by atoms with van der Waals surface area (Å²) >= 11 is 12.5. The predicted octanol–water partition coefficient (Wildman–Crippen LogP) is 6.26. The molecule has 53 heavy (non-hydrogen) atoms. The third-order valence-corrected chi connectivity index (χ3v) is 11.1. The van der Waals surface area contributed by atoms with Crippen molar-refractivity contribution >= 4 is 58.7 Å². The fourth-order valence-corrected chi connectivity index (χ4v) is 8.78. The first-order chi connectivity index (χ1) is 25.2. The molecule has 6 atom stereocenters. The second kappa shape index (κ2) is 13.1. The Bertz CT molecular complexity index is 2110. The lowest BCUT2D eigenvalue weighted by molar-refractivity contribution is -0.140. The van der Waals surface area contributed by atoms with Crippen LogP contribution in [0.25, 0.3) is 0 Å². The number of hydrazine groups is 1. The van der Waals surface area contributed by atoms with Gasteiger partial charge in [0.15, 0.2) is 17.3 Å². The van der Waals surface area contributed by atoms with Crippen molar-refractivity contribution in [3.63, 3.8) is 0 Å². The van der Waals surface area contributed by atoms with E-state index in [1.165, 1.54) is 18.2 Å². The van der Waals surface area contributed by atoms with Crippen LogP contribution >= 0.6 is 23.2 Å². The van der Waals surface area contributed by atoms with Crippen LogP contribution in [0, 0.1) is 23.7 Å². The first-order valence-electron chi connectivity index (χ1n) is 16.4. The molecule has 1 aromatic heterocycles. The number of nitrogens with zero attached hydrogens (tertiary/aromatic N) is 3. The van der Waals surface area contributed by atoms with Crippen molar-refractivity contribution in [1.29, 1.82) is 0 Å². The Hall–Kier alpha value is -5.15. The number of aromatic nitrogens is 1. The van der Waals surface area contributed by atoms with Gasteiger partial charge in [0.1, 0.15) is 0 Å². The molecule has 3 fully saturated rings. The number of para-hydroxylation sites is 1. The van der Waals surface area contributed by atoms with Gasteiger partial charge in [-0.3, -0.25) is 24.6 Å². The van der Waals surface area contributed by atoms with Crippen LogP contribution in [0.5, 0.6) is 11.5 Å². The summed E-state index contributed by atoms with van der Waals surface area (Å²) in [5, 5.41) is 12.2. The Balaban J connectivity index is 1.46. The van der Waals surface area contributed by atoms with E-state index in [0.717, 1.165) is 7.11 Å². The van der Waals surface area contributed by atoms with Crippen molar-refractivity contribution in [2.75, 3.05) is 19.1 Å². The van der Waals surface area contributed by atoms with Crippen molar-refractivity contribution < 1.29 is 51.7 Å². The van der Waals surface area contributed by atoms with Crippen molar-refractivity contribution in [2.45, 2.75) is 37.3 Å².